The van der Waals surface area contributed by atoms with Crippen molar-refractivity contribution in [3.63, 3.8) is 0 Å². The number of piperidine rings is 5. The molecule has 0 bridgehead atoms. The Hall–Kier alpha value is -1.91. The Kier molecular flexibility index (Phi) is 62.0. The molecule has 27 heteroatoms. The quantitative estimate of drug-likeness (QED) is 0.0683. The zero-order valence-corrected chi connectivity index (χ0v) is 76.2. The van der Waals surface area contributed by atoms with Crippen LogP contribution >= 0.6 is 11.8 Å². The number of anilines is 1. The molecule has 0 atom stereocenters. The number of nitrogen functional groups attached to an aromatic ring is 1. The maximum absolute atomic E-state index is 10.8. The number of nitrogens with zero attached hydrogens (tertiary/aromatic N) is 13. The first-order valence-corrected chi connectivity index (χ1v) is 46.7. The average Bonchev–Trinajstić information content (AvgIpc) is 1.56. The van der Waals surface area contributed by atoms with Crippen LogP contribution in [0.4, 0.5) is 5.95 Å². The van der Waals surface area contributed by atoms with Crippen molar-refractivity contribution in [2.24, 2.45) is 11.8 Å². The van der Waals surface area contributed by atoms with Gasteiger partial charge in [0.25, 0.3) is 0 Å². The number of aliphatic hydroxyl groups is 1. The number of ketones is 1. The minimum atomic E-state index is -0.427. The van der Waals surface area contributed by atoms with Crippen LogP contribution in [0.5, 0.6) is 0 Å². The number of methoxy groups -OCH3 is 10. The number of likely N-dealkylation sites (N-methyl/N-ethyl adjacent to an activating group) is 1. The minimum absolute atomic E-state index is 0.317. The smallest absolute Gasteiger partial charge is 0.240 e. The van der Waals surface area contributed by atoms with Gasteiger partial charge in [0, 0.05) is 244 Å². The van der Waals surface area contributed by atoms with E-state index in [0.717, 1.165) is 180 Å². The number of Topliss-reactive ketones (excluding diaryl/α,β-unsaturated/α-hetero) is 1. The lowest BCUT2D eigenvalue weighted by Gasteiger charge is -2.43. The van der Waals surface area contributed by atoms with Gasteiger partial charge in [-0.1, -0.05) is 76.7 Å². The third-order valence-corrected chi connectivity index (χ3v) is 26.3. The van der Waals surface area contributed by atoms with E-state index in [-0.39, 0.29) is 0 Å². The molecular weight excluding hydrogens is 1470 g/mol. The van der Waals surface area contributed by atoms with E-state index in [1.54, 1.807) is 49.8 Å². The fraction of sp³-hybridized carbons (Fsp3) is 0.977. The molecule has 114 heavy (non-hydrogen) atoms. The van der Waals surface area contributed by atoms with Gasteiger partial charge in [0.2, 0.25) is 5.95 Å². The molecule has 3 N–H and O–H groups in total. The van der Waals surface area contributed by atoms with Crippen molar-refractivity contribution in [1.29, 1.82) is 0 Å². The predicted octanol–water partition coefficient (Wildman–Crippen LogP) is 10.3. The Balaban J connectivity index is 0.000000268. The molecule has 13 rings (SSSR count). The number of thioether (sulfide) groups is 1. The summed E-state index contributed by atoms with van der Waals surface area (Å²) in [6.45, 7) is 40.1. The predicted molar refractivity (Wildman–Crippen MR) is 468 cm³/mol. The van der Waals surface area contributed by atoms with Crippen LogP contribution < -0.4 is 5.73 Å². The third kappa shape index (κ3) is 47.5. The SMILES string of the molecule is CCN(CC)CCOC.COC1CCN(C2CCCC2)CC1.COC1CN(C2CCCC2)C1.COCCC1CCN(C2CCCC2)CC1.COCCC1CN(C2CCCC2)C1.COCCN1CCC(=O)CC1.COCCN1CCC(C)(O)CC1.COCCN1CCCCC1.COCCN1CCSCC1.COCCn1nnnc1N. The third-order valence-electron chi connectivity index (χ3n) is 25.4. The van der Waals surface area contributed by atoms with Crippen LogP contribution in [0.15, 0.2) is 0 Å². The fourth-order valence-corrected chi connectivity index (χ4v) is 18.2. The molecule has 9 heterocycles. The van der Waals surface area contributed by atoms with E-state index in [4.69, 9.17) is 53.1 Å². The molecule has 26 nitrogen and oxygen atoms in total. The number of rotatable bonds is 32. The molecule has 4 saturated carbocycles. The highest BCUT2D eigenvalue weighted by molar-refractivity contribution is 7.99. The van der Waals surface area contributed by atoms with Crippen molar-refractivity contribution in [3.8, 4) is 0 Å². The molecule has 672 valence electrons. The van der Waals surface area contributed by atoms with Gasteiger partial charge in [-0.25, -0.2) is 4.68 Å². The second-order valence-corrected chi connectivity index (χ2v) is 34.9. The maximum atomic E-state index is 10.8. The molecule has 12 fully saturated rings. The Bertz CT molecular complexity index is 2270. The first-order chi connectivity index (χ1) is 55.6. The lowest BCUT2D eigenvalue weighted by Crippen LogP contribution is -2.55. The minimum Gasteiger partial charge on any atom is -0.390 e. The van der Waals surface area contributed by atoms with Crippen molar-refractivity contribution in [2.45, 2.75) is 255 Å². The number of ether oxygens (including phenoxy) is 10. The highest BCUT2D eigenvalue weighted by Gasteiger charge is 2.35. The van der Waals surface area contributed by atoms with E-state index in [9.17, 15) is 9.90 Å². The van der Waals surface area contributed by atoms with E-state index in [1.165, 1.54) is 255 Å². The highest BCUT2D eigenvalue weighted by Crippen LogP contribution is 2.33. The molecule has 0 spiro atoms. The first-order valence-electron chi connectivity index (χ1n) is 45.5. The van der Waals surface area contributed by atoms with Crippen LogP contribution in [0, 0.1) is 11.8 Å². The fourth-order valence-electron chi connectivity index (χ4n) is 17.2. The Morgan fingerprint density at radius 2 is 0.798 bits per heavy atom. The van der Waals surface area contributed by atoms with Crippen LogP contribution in [0.1, 0.15) is 207 Å². The molecule has 0 radical (unpaired) electrons. The largest absolute Gasteiger partial charge is 0.390 e. The van der Waals surface area contributed by atoms with Gasteiger partial charge in [-0.3, -0.25) is 19.5 Å². The monoisotopic (exact) mass is 1640 g/mol. The molecular formula is C87H176N14O12S. The van der Waals surface area contributed by atoms with Crippen LogP contribution in [-0.2, 0) is 58.7 Å². The molecule has 0 unspecified atom stereocenters. The summed E-state index contributed by atoms with van der Waals surface area (Å²) in [7, 11) is 17.6. The van der Waals surface area contributed by atoms with Gasteiger partial charge in [-0.05, 0) is 184 Å². The molecule has 4 aliphatic carbocycles. The van der Waals surface area contributed by atoms with Gasteiger partial charge in [-0.2, -0.15) is 11.8 Å². The number of tetrazole rings is 1. The molecule has 0 amide bonds. The van der Waals surface area contributed by atoms with Gasteiger partial charge in [0.15, 0.2) is 0 Å². The first kappa shape index (κ1) is 104. The number of aromatic nitrogens is 4. The molecule has 8 saturated heterocycles. The number of carbonyl (C=O) groups is 1. The summed E-state index contributed by atoms with van der Waals surface area (Å²) in [6, 6.07) is 3.70. The number of hydrogen-bond acceptors (Lipinski definition) is 26. The number of carbonyl (C=O) groups excluding carboxylic acids is 1. The summed E-state index contributed by atoms with van der Waals surface area (Å²) in [6.07, 6.45) is 39.5. The second-order valence-electron chi connectivity index (χ2n) is 33.7. The van der Waals surface area contributed by atoms with Crippen molar-refractivity contribution in [3.05, 3.63) is 0 Å². The maximum Gasteiger partial charge on any atom is 0.240 e. The van der Waals surface area contributed by atoms with Crippen LogP contribution in [0.25, 0.3) is 0 Å². The second kappa shape index (κ2) is 67.6. The zero-order valence-electron chi connectivity index (χ0n) is 75.4. The standard InChI is InChI=1S/C13H25NO.2C11H21NO.C9H19NO2.C9H17NO.C8H15NO2.C8H17NO.C7H15NOS.C7H17NO.C4H9N5O/c1-15-11-8-12-6-9-14(10-7-12)13-4-2-3-5-13;1-13-11-6-8-12(9-7-11)10-4-2-3-5-10;1-13-7-6-10-8-12(9-10)11-4-2-3-5-11;1-9(11)3-5-10(6-4-9)7-8-12-2;1-11-9-6-10(7-9)8-4-2-3-5-8;1-11-7-6-9-4-2-8(10)3-5-9;1-10-8-7-9-5-3-2-4-6-9;1-9-5-2-8-3-6-10-7-4-8;1-4-8(5-2)6-7-9-3;1-10-3-2-9-4(5)6-7-8-9/h12-13H,2-11H2,1H3;2*10-11H,2-9H2,1H3;11H,3-8H2,1-2H3;8-9H,2-7H2,1H3;2-7H2,1H3;2-8H2,1H3;2-7H2,1H3;4-7H2,1-3H3;2-3H2,1H3,(H2,5,6,8). The van der Waals surface area contributed by atoms with E-state index in [0.29, 0.717) is 37.1 Å². The summed E-state index contributed by atoms with van der Waals surface area (Å²) >= 11 is 2.05. The van der Waals surface area contributed by atoms with Crippen LogP contribution in [-0.4, -0.2) is 403 Å². The zero-order chi connectivity index (χ0) is 82.5. The summed E-state index contributed by atoms with van der Waals surface area (Å²) in [5, 5.41) is 20.1. The van der Waals surface area contributed by atoms with Gasteiger partial charge >= 0.3 is 0 Å². The molecule has 1 aromatic rings. The molecule has 12 aliphatic rings. The summed E-state index contributed by atoms with van der Waals surface area (Å²) < 4.78 is 52.0. The van der Waals surface area contributed by atoms with Gasteiger partial charge in [-0.15, -0.1) is 0 Å². The molecule has 0 aromatic carbocycles. The number of hydrogen-bond donors (Lipinski definition) is 2. The topological polar surface area (TPSA) is 228 Å². The van der Waals surface area contributed by atoms with Crippen molar-refractivity contribution in [2.75, 3.05) is 292 Å². The van der Waals surface area contributed by atoms with E-state index in [1.807, 2.05) is 40.0 Å². The van der Waals surface area contributed by atoms with E-state index >= 15 is 0 Å². The summed E-state index contributed by atoms with van der Waals surface area (Å²) in [5.41, 5.74) is 4.93. The van der Waals surface area contributed by atoms with Crippen molar-refractivity contribution >= 4 is 23.5 Å². The lowest BCUT2D eigenvalue weighted by molar-refractivity contribution is -0.121. The Morgan fingerprint density at radius 3 is 1.20 bits per heavy atom. The van der Waals surface area contributed by atoms with Crippen LogP contribution in [0.3, 0.4) is 0 Å². The van der Waals surface area contributed by atoms with E-state index in [2.05, 4.69) is 73.5 Å². The lowest BCUT2D eigenvalue weighted by atomic mass is 9.93. The Labute approximate surface area is 700 Å². The number of likely N-dealkylation sites (tertiary alicyclic amines) is 7. The summed E-state index contributed by atoms with van der Waals surface area (Å²) in [4.78, 5) is 33.4. The normalized spacial score (nSPS) is 22.5. The van der Waals surface area contributed by atoms with Gasteiger partial charge < -0.3 is 87.6 Å². The average molecular weight is 1640 g/mol. The summed E-state index contributed by atoms with van der Waals surface area (Å²) in [5.74, 6) is 5.17. The molecule has 1 aromatic heterocycles. The molecule has 8 aliphatic heterocycles. The van der Waals surface area contributed by atoms with Gasteiger partial charge in [0.05, 0.1) is 64.0 Å². The van der Waals surface area contributed by atoms with Crippen molar-refractivity contribution in [1.82, 2.24) is 64.3 Å². The van der Waals surface area contributed by atoms with Crippen LogP contribution in [0.2, 0.25) is 0 Å². The highest BCUT2D eigenvalue weighted by atomic mass is 32.2. The van der Waals surface area contributed by atoms with E-state index < -0.39 is 5.60 Å². The number of nitrogens with two attached hydrogens (primary N) is 1. The Morgan fingerprint density at radius 1 is 0.421 bits per heavy atom. The van der Waals surface area contributed by atoms with Crippen molar-refractivity contribution < 1.29 is 57.3 Å². The van der Waals surface area contributed by atoms with Gasteiger partial charge in [0.1, 0.15) is 5.78 Å².